The van der Waals surface area contributed by atoms with Gasteiger partial charge in [0.15, 0.2) is 17.6 Å². The summed E-state index contributed by atoms with van der Waals surface area (Å²) in [5.74, 6) is 1.61. The van der Waals surface area contributed by atoms with Gasteiger partial charge in [-0.05, 0) is 13.8 Å². The van der Waals surface area contributed by atoms with E-state index in [1.165, 1.54) is 0 Å². The Kier molecular flexibility index (Phi) is 4.59. The van der Waals surface area contributed by atoms with Gasteiger partial charge in [0.25, 0.3) is 0 Å². The van der Waals surface area contributed by atoms with Gasteiger partial charge >= 0.3 is 5.97 Å². The Bertz CT molecular complexity index is 298. The summed E-state index contributed by atoms with van der Waals surface area (Å²) < 4.78 is 0. The van der Waals surface area contributed by atoms with Crippen molar-refractivity contribution < 1.29 is 24.3 Å². The van der Waals surface area contributed by atoms with Crippen LogP contribution in [-0.4, -0.2) is 39.6 Å². The minimum atomic E-state index is -1.41. The second-order valence-corrected chi connectivity index (χ2v) is 3.00. The fourth-order valence-electron chi connectivity index (χ4n) is 1.04. The molecule has 0 aromatic rings. The molecule has 0 atom stereocenters. The van der Waals surface area contributed by atoms with Crippen molar-refractivity contribution in [3.05, 3.63) is 0 Å². The largest absolute Gasteiger partial charge is 0.481 e. The molecule has 1 amide bonds. The number of rotatable bonds is 5. The fourth-order valence-corrected chi connectivity index (χ4v) is 1.04. The van der Waals surface area contributed by atoms with Crippen LogP contribution in [0.1, 0.15) is 20.3 Å². The Morgan fingerprint density at radius 3 is 1.87 bits per heavy atom. The average molecular weight is 216 g/mol. The monoisotopic (exact) mass is 216 g/mol. The lowest BCUT2D eigenvalue weighted by molar-refractivity contribution is -0.150. The number of Topliss-reactive ketones (excluding diaryl/α,β-unsaturated/α-hetero) is 2. The number of amides is 1. The highest BCUT2D eigenvalue weighted by molar-refractivity contribution is 6.07. The molecule has 84 valence electrons. The molecule has 0 saturated carbocycles. The lowest BCUT2D eigenvalue weighted by Gasteiger charge is -2.22. The van der Waals surface area contributed by atoms with Crippen molar-refractivity contribution in [3.8, 4) is 0 Å². The molecule has 0 spiro atoms. The molecule has 0 aliphatic rings. The predicted octanol–water partition coefficient (Wildman–Crippen LogP) is -1.29. The smallest absolute Gasteiger partial charge is 0.312 e. The number of aliphatic carboxylic acids is 1. The van der Waals surface area contributed by atoms with Crippen molar-refractivity contribution in [1.82, 2.24) is 5.01 Å². The fraction of sp³-hybridized carbons (Fsp3) is 0.500. The molecular weight excluding hydrogens is 204 g/mol. The summed E-state index contributed by atoms with van der Waals surface area (Å²) in [5, 5.41) is 8.68. The Labute approximate surface area is 85.8 Å². The predicted molar refractivity (Wildman–Crippen MR) is 48.4 cm³/mol. The van der Waals surface area contributed by atoms with Gasteiger partial charge in [0.1, 0.15) is 6.42 Å². The number of nitrogens with zero attached hydrogens (tertiary/aromatic N) is 1. The van der Waals surface area contributed by atoms with Gasteiger partial charge < -0.3 is 5.11 Å². The van der Waals surface area contributed by atoms with Crippen molar-refractivity contribution in [2.24, 2.45) is 5.84 Å². The number of hydrazine groups is 1. The summed E-state index contributed by atoms with van der Waals surface area (Å²) in [6.07, 6.45) is -0.854. The molecular formula is C8H12N2O5. The van der Waals surface area contributed by atoms with Crippen LogP contribution in [0.5, 0.6) is 0 Å². The Morgan fingerprint density at radius 1 is 1.20 bits per heavy atom. The maximum Gasteiger partial charge on any atom is 0.312 e. The summed E-state index contributed by atoms with van der Waals surface area (Å²) >= 11 is 0. The van der Waals surface area contributed by atoms with Crippen LogP contribution in [0, 0.1) is 0 Å². The van der Waals surface area contributed by atoms with Crippen LogP contribution in [-0.2, 0) is 19.2 Å². The molecule has 0 unspecified atom stereocenters. The minimum absolute atomic E-state index is 0.360. The van der Waals surface area contributed by atoms with E-state index < -0.39 is 35.9 Å². The van der Waals surface area contributed by atoms with Gasteiger partial charge in [0.05, 0.1) is 0 Å². The van der Waals surface area contributed by atoms with E-state index in [9.17, 15) is 19.2 Å². The molecule has 0 aromatic carbocycles. The molecule has 7 heteroatoms. The normalized spacial score (nSPS) is 9.87. The van der Waals surface area contributed by atoms with E-state index in [4.69, 9.17) is 10.9 Å². The third kappa shape index (κ3) is 3.86. The molecule has 15 heavy (non-hydrogen) atoms. The molecule has 0 aromatic heterocycles. The van der Waals surface area contributed by atoms with Gasteiger partial charge in [-0.15, -0.1) is 0 Å². The molecule has 0 saturated heterocycles. The number of carboxylic acids is 1. The Hall–Kier alpha value is -1.76. The van der Waals surface area contributed by atoms with Crippen molar-refractivity contribution in [1.29, 1.82) is 0 Å². The highest BCUT2D eigenvalue weighted by Gasteiger charge is 2.29. The van der Waals surface area contributed by atoms with E-state index in [-0.39, 0.29) is 0 Å². The molecule has 0 heterocycles. The van der Waals surface area contributed by atoms with Gasteiger partial charge in [0.2, 0.25) is 5.91 Å². The zero-order valence-electron chi connectivity index (χ0n) is 8.39. The molecule has 0 aliphatic carbocycles. The van der Waals surface area contributed by atoms with Gasteiger partial charge in [0, 0.05) is 0 Å². The number of carboxylic acid groups (broad SMARTS) is 1. The van der Waals surface area contributed by atoms with E-state index in [2.05, 4.69) is 0 Å². The standard InChI is InChI=1S/C8H12N2O5/c1-4(11)8(5(2)12)10(9)6(13)3-7(14)15/h8H,3,9H2,1-2H3,(H,14,15). The maximum atomic E-state index is 11.1. The van der Waals surface area contributed by atoms with Crippen LogP contribution >= 0.6 is 0 Å². The van der Waals surface area contributed by atoms with Crippen molar-refractivity contribution in [3.63, 3.8) is 0 Å². The summed E-state index contributed by atoms with van der Waals surface area (Å²) in [6.45, 7) is 2.19. The first-order valence-electron chi connectivity index (χ1n) is 4.06. The van der Waals surface area contributed by atoms with Crippen LogP contribution in [0.2, 0.25) is 0 Å². The quantitative estimate of drug-likeness (QED) is 0.255. The molecule has 0 radical (unpaired) electrons. The van der Waals surface area contributed by atoms with Gasteiger partial charge in [-0.1, -0.05) is 0 Å². The third-order valence-corrected chi connectivity index (χ3v) is 1.64. The van der Waals surface area contributed by atoms with E-state index in [0.29, 0.717) is 5.01 Å². The highest BCUT2D eigenvalue weighted by Crippen LogP contribution is 2.00. The molecule has 0 bridgehead atoms. The first-order chi connectivity index (χ1) is 6.77. The van der Waals surface area contributed by atoms with Crippen LogP contribution in [0.25, 0.3) is 0 Å². The van der Waals surface area contributed by atoms with Gasteiger partial charge in [-0.3, -0.25) is 24.2 Å². The van der Waals surface area contributed by atoms with Crippen LogP contribution in [0.15, 0.2) is 0 Å². The van der Waals surface area contributed by atoms with Crippen molar-refractivity contribution >= 4 is 23.4 Å². The number of ketones is 2. The summed E-state index contributed by atoms with van der Waals surface area (Å²) in [5.41, 5.74) is 0. The zero-order valence-corrected chi connectivity index (χ0v) is 8.39. The molecule has 3 N–H and O–H groups in total. The van der Waals surface area contributed by atoms with E-state index in [1.54, 1.807) is 0 Å². The first-order valence-corrected chi connectivity index (χ1v) is 4.06. The number of carbonyl (C=O) groups is 4. The number of nitrogens with two attached hydrogens (primary N) is 1. The summed E-state index contributed by atoms with van der Waals surface area (Å²) in [7, 11) is 0. The van der Waals surface area contributed by atoms with E-state index in [1.807, 2.05) is 0 Å². The molecule has 0 rings (SSSR count). The molecule has 0 aliphatic heterocycles. The summed E-state index contributed by atoms with van der Waals surface area (Å²) in [6, 6.07) is -1.41. The topological polar surface area (TPSA) is 118 Å². The number of hydrogen-bond donors (Lipinski definition) is 2. The number of carbonyl (C=O) groups excluding carboxylic acids is 3. The lowest BCUT2D eigenvalue weighted by Crippen LogP contribution is -2.52. The Morgan fingerprint density at radius 2 is 1.60 bits per heavy atom. The van der Waals surface area contributed by atoms with E-state index >= 15 is 0 Å². The minimum Gasteiger partial charge on any atom is -0.481 e. The van der Waals surface area contributed by atoms with Gasteiger partial charge in [-0.25, -0.2) is 5.84 Å². The van der Waals surface area contributed by atoms with Gasteiger partial charge in [-0.2, -0.15) is 0 Å². The highest BCUT2D eigenvalue weighted by atomic mass is 16.4. The van der Waals surface area contributed by atoms with Crippen LogP contribution in [0.3, 0.4) is 0 Å². The Balaban J connectivity index is 4.71. The third-order valence-electron chi connectivity index (χ3n) is 1.64. The maximum absolute atomic E-state index is 11.1. The second kappa shape index (κ2) is 5.20. The van der Waals surface area contributed by atoms with Crippen molar-refractivity contribution in [2.75, 3.05) is 0 Å². The van der Waals surface area contributed by atoms with Crippen molar-refractivity contribution in [2.45, 2.75) is 26.3 Å². The first kappa shape index (κ1) is 13.2. The molecule has 0 fully saturated rings. The van der Waals surface area contributed by atoms with E-state index in [0.717, 1.165) is 13.8 Å². The second-order valence-electron chi connectivity index (χ2n) is 3.00. The van der Waals surface area contributed by atoms with Crippen LogP contribution in [0.4, 0.5) is 0 Å². The lowest BCUT2D eigenvalue weighted by atomic mass is 10.1. The van der Waals surface area contributed by atoms with Crippen LogP contribution < -0.4 is 5.84 Å². The summed E-state index contributed by atoms with van der Waals surface area (Å²) in [4.78, 5) is 43.3. The number of hydrogen-bond acceptors (Lipinski definition) is 5. The average Bonchev–Trinajstić information content (AvgIpc) is 2.00. The molecule has 7 nitrogen and oxygen atoms in total. The SMILES string of the molecule is CC(=O)C(C(C)=O)N(N)C(=O)CC(=O)O. The zero-order chi connectivity index (χ0) is 12.2.